The standard InChI is InChI=1S/C37H32O/c1-24(2)30-21-20-25(3)33-31(23-30)26(4)22-32(33)35-34(27-14-8-5-9-15-27)36(28-16-10-6-11-17-28)38-37(35)29-18-12-7-13-19-29/h5-24H,1-4H3. The Kier molecular flexibility index (Phi) is 6.21. The summed E-state index contributed by atoms with van der Waals surface area (Å²) in [5.41, 5.74) is 13.3. The number of benzene rings is 3. The molecule has 0 aliphatic heterocycles. The first-order valence-electron chi connectivity index (χ1n) is 13.4. The summed E-state index contributed by atoms with van der Waals surface area (Å²) in [7, 11) is 0. The van der Waals surface area contributed by atoms with Gasteiger partial charge in [-0.1, -0.05) is 129 Å². The summed E-state index contributed by atoms with van der Waals surface area (Å²) in [5.74, 6) is 2.27. The highest BCUT2D eigenvalue weighted by molar-refractivity contribution is 6.05. The summed E-state index contributed by atoms with van der Waals surface area (Å²) in [6.45, 7) is 8.99. The minimum Gasteiger partial charge on any atom is -0.455 e. The molecular weight excluding hydrogens is 460 g/mol. The monoisotopic (exact) mass is 492 g/mol. The van der Waals surface area contributed by atoms with Gasteiger partial charge in [-0.3, -0.25) is 0 Å². The molecule has 3 aromatic carbocycles. The zero-order chi connectivity index (χ0) is 26.2. The van der Waals surface area contributed by atoms with E-state index in [-0.39, 0.29) is 0 Å². The number of rotatable bonds is 5. The first-order chi connectivity index (χ1) is 18.5. The molecule has 0 atom stereocenters. The van der Waals surface area contributed by atoms with Crippen LogP contribution in [0.3, 0.4) is 0 Å². The zero-order valence-corrected chi connectivity index (χ0v) is 22.5. The van der Waals surface area contributed by atoms with Crippen LogP contribution in [0.4, 0.5) is 0 Å². The lowest BCUT2D eigenvalue weighted by Crippen LogP contribution is -1.87. The quantitative estimate of drug-likeness (QED) is 0.233. The molecule has 0 fully saturated rings. The number of fused-ring (bicyclic) bond motifs is 1. The molecular formula is C37H32O. The van der Waals surface area contributed by atoms with Crippen LogP contribution in [0.25, 0.3) is 56.0 Å². The van der Waals surface area contributed by atoms with E-state index in [0.29, 0.717) is 5.92 Å². The van der Waals surface area contributed by atoms with Crippen LogP contribution in [-0.4, -0.2) is 0 Å². The second-order valence-corrected chi connectivity index (χ2v) is 10.5. The predicted octanol–water partition coefficient (Wildman–Crippen LogP) is 10.8. The molecule has 1 aromatic heterocycles. The van der Waals surface area contributed by atoms with Crippen molar-refractivity contribution in [3.8, 4) is 56.0 Å². The smallest absolute Gasteiger partial charge is 0.143 e. The molecule has 0 N–H and O–H groups in total. The van der Waals surface area contributed by atoms with E-state index < -0.39 is 0 Å². The predicted molar refractivity (Wildman–Crippen MR) is 161 cm³/mol. The van der Waals surface area contributed by atoms with Gasteiger partial charge in [-0.15, -0.1) is 0 Å². The van der Waals surface area contributed by atoms with E-state index in [0.717, 1.165) is 39.3 Å². The molecule has 1 heteroatoms. The Morgan fingerprint density at radius 2 is 1.00 bits per heavy atom. The fraction of sp³-hybridized carbons (Fsp3) is 0.135. The van der Waals surface area contributed by atoms with Gasteiger partial charge in [0.25, 0.3) is 0 Å². The molecule has 0 amide bonds. The number of furan rings is 1. The minimum absolute atomic E-state index is 0.459. The van der Waals surface area contributed by atoms with Gasteiger partial charge in [-0.2, -0.15) is 0 Å². The maximum atomic E-state index is 6.91. The van der Waals surface area contributed by atoms with Crippen molar-refractivity contribution >= 4 is 0 Å². The maximum absolute atomic E-state index is 6.91. The fourth-order valence-electron chi connectivity index (χ4n) is 5.55. The van der Waals surface area contributed by atoms with Gasteiger partial charge in [0, 0.05) is 22.3 Å². The molecule has 0 bridgehead atoms. The van der Waals surface area contributed by atoms with Crippen molar-refractivity contribution < 1.29 is 4.42 Å². The van der Waals surface area contributed by atoms with Gasteiger partial charge in [-0.25, -0.2) is 0 Å². The van der Waals surface area contributed by atoms with Crippen LogP contribution < -0.4 is 0 Å². The second kappa shape index (κ2) is 9.84. The third-order valence-corrected chi connectivity index (χ3v) is 7.53. The molecule has 0 unspecified atom stereocenters. The lowest BCUT2D eigenvalue weighted by atomic mass is 9.89. The van der Waals surface area contributed by atoms with Crippen LogP contribution >= 0.6 is 0 Å². The molecule has 0 spiro atoms. The number of hydrogen-bond acceptors (Lipinski definition) is 1. The van der Waals surface area contributed by atoms with E-state index in [4.69, 9.17) is 4.42 Å². The van der Waals surface area contributed by atoms with E-state index in [1.807, 2.05) is 0 Å². The molecule has 6 rings (SSSR count). The third kappa shape index (κ3) is 4.15. The maximum Gasteiger partial charge on any atom is 0.143 e. The average molecular weight is 493 g/mol. The molecule has 0 saturated carbocycles. The molecule has 2 aliphatic rings. The third-order valence-electron chi connectivity index (χ3n) is 7.53. The normalized spacial score (nSPS) is 11.4. The highest BCUT2D eigenvalue weighted by atomic mass is 16.3. The zero-order valence-electron chi connectivity index (χ0n) is 22.5. The van der Waals surface area contributed by atoms with Gasteiger partial charge in [0.2, 0.25) is 0 Å². The van der Waals surface area contributed by atoms with E-state index >= 15 is 0 Å². The lowest BCUT2D eigenvalue weighted by molar-refractivity contribution is 0.599. The van der Waals surface area contributed by atoms with Gasteiger partial charge < -0.3 is 4.42 Å². The Hall–Kier alpha value is -4.36. The first-order valence-corrected chi connectivity index (χ1v) is 13.4. The van der Waals surface area contributed by atoms with Crippen LogP contribution in [0.5, 0.6) is 0 Å². The molecule has 2 aliphatic carbocycles. The molecule has 0 saturated heterocycles. The Bertz CT molecular complexity index is 1670. The van der Waals surface area contributed by atoms with Crippen molar-refractivity contribution in [1.82, 2.24) is 0 Å². The highest BCUT2D eigenvalue weighted by Crippen LogP contribution is 2.52. The van der Waals surface area contributed by atoms with Crippen molar-refractivity contribution in [2.24, 2.45) is 0 Å². The summed E-state index contributed by atoms with van der Waals surface area (Å²) in [5, 5.41) is 0. The topological polar surface area (TPSA) is 13.1 Å². The molecule has 1 heterocycles. The SMILES string of the molecule is Cc1cc(-c2c(-c3ccccc3)oc(-c3ccccc3)c2-c2ccccc2)c2c(C)ccc(C(C)C)cc1-2. The summed E-state index contributed by atoms with van der Waals surface area (Å²) in [4.78, 5) is 0. The van der Waals surface area contributed by atoms with E-state index in [2.05, 4.69) is 143 Å². The number of hydrogen-bond donors (Lipinski definition) is 0. The second-order valence-electron chi connectivity index (χ2n) is 10.5. The first kappa shape index (κ1) is 24.0. The van der Waals surface area contributed by atoms with Crippen LogP contribution in [0.1, 0.15) is 36.5 Å². The fourth-order valence-corrected chi connectivity index (χ4v) is 5.55. The highest BCUT2D eigenvalue weighted by Gasteiger charge is 2.29. The van der Waals surface area contributed by atoms with Crippen LogP contribution in [-0.2, 0) is 0 Å². The molecule has 186 valence electrons. The molecule has 38 heavy (non-hydrogen) atoms. The molecule has 0 radical (unpaired) electrons. The van der Waals surface area contributed by atoms with Crippen molar-refractivity contribution in [1.29, 1.82) is 0 Å². The van der Waals surface area contributed by atoms with E-state index in [1.165, 1.54) is 33.4 Å². The molecule has 1 nitrogen and oxygen atoms in total. The van der Waals surface area contributed by atoms with Crippen molar-refractivity contribution in [3.63, 3.8) is 0 Å². The van der Waals surface area contributed by atoms with Gasteiger partial charge in [0.15, 0.2) is 0 Å². The number of aryl methyl sites for hydroxylation is 2. The van der Waals surface area contributed by atoms with Crippen LogP contribution in [0.2, 0.25) is 0 Å². The van der Waals surface area contributed by atoms with Gasteiger partial charge in [-0.05, 0) is 58.7 Å². The van der Waals surface area contributed by atoms with Gasteiger partial charge in [0.05, 0.1) is 0 Å². The summed E-state index contributed by atoms with van der Waals surface area (Å²) < 4.78 is 6.91. The van der Waals surface area contributed by atoms with Gasteiger partial charge >= 0.3 is 0 Å². The Morgan fingerprint density at radius 1 is 0.474 bits per heavy atom. The Labute approximate surface area is 225 Å². The van der Waals surface area contributed by atoms with Crippen molar-refractivity contribution in [2.75, 3.05) is 0 Å². The minimum atomic E-state index is 0.459. The van der Waals surface area contributed by atoms with Gasteiger partial charge in [0.1, 0.15) is 11.5 Å². The summed E-state index contributed by atoms with van der Waals surface area (Å²) >= 11 is 0. The summed E-state index contributed by atoms with van der Waals surface area (Å²) in [6, 6.07) is 41.0. The molecule has 4 aromatic rings. The van der Waals surface area contributed by atoms with Crippen molar-refractivity contribution in [2.45, 2.75) is 33.6 Å². The average Bonchev–Trinajstić information content (AvgIpc) is 3.44. The van der Waals surface area contributed by atoms with Crippen LogP contribution in [0, 0.1) is 13.8 Å². The van der Waals surface area contributed by atoms with Crippen LogP contribution in [0.15, 0.2) is 120 Å². The van der Waals surface area contributed by atoms with Crippen molar-refractivity contribution in [3.05, 3.63) is 132 Å². The Balaban J connectivity index is 1.75. The Morgan fingerprint density at radius 3 is 1.55 bits per heavy atom. The van der Waals surface area contributed by atoms with E-state index in [9.17, 15) is 0 Å². The van der Waals surface area contributed by atoms with E-state index in [1.54, 1.807) is 0 Å². The largest absolute Gasteiger partial charge is 0.455 e. The lowest BCUT2D eigenvalue weighted by Gasteiger charge is -2.11. The summed E-state index contributed by atoms with van der Waals surface area (Å²) in [6.07, 6.45) is 0.